The van der Waals surface area contributed by atoms with E-state index in [2.05, 4.69) is 15.6 Å². The van der Waals surface area contributed by atoms with Gasteiger partial charge in [0.1, 0.15) is 0 Å². The highest BCUT2D eigenvalue weighted by atomic mass is 127. The van der Waals surface area contributed by atoms with Gasteiger partial charge in [0.15, 0.2) is 17.5 Å². The Morgan fingerprint density at radius 1 is 1.17 bits per heavy atom. The Bertz CT molecular complexity index is 522. The zero-order chi connectivity index (χ0) is 17.3. The Labute approximate surface area is 162 Å². The molecule has 0 saturated carbocycles. The van der Waals surface area contributed by atoms with Crippen LogP contribution in [-0.2, 0) is 4.74 Å². The highest BCUT2D eigenvalue weighted by Crippen LogP contribution is 2.30. The second kappa shape index (κ2) is 11.4. The molecule has 1 aromatic carbocycles. The van der Waals surface area contributed by atoms with Crippen LogP contribution in [0.1, 0.15) is 27.7 Å². The molecule has 1 aromatic rings. The van der Waals surface area contributed by atoms with Gasteiger partial charge in [-0.2, -0.15) is 0 Å². The summed E-state index contributed by atoms with van der Waals surface area (Å²) in [5, 5.41) is 6.49. The number of methoxy groups -OCH3 is 2. The SMILES string of the molecule is CCNC(=NCC(C)(C)OC)Nc1ccc(OC)c(OCC)c1.I. The molecule has 138 valence electrons. The lowest BCUT2D eigenvalue weighted by molar-refractivity contribution is 0.0311. The van der Waals surface area contributed by atoms with E-state index in [1.807, 2.05) is 45.9 Å². The van der Waals surface area contributed by atoms with E-state index in [0.717, 1.165) is 12.2 Å². The molecule has 0 unspecified atom stereocenters. The van der Waals surface area contributed by atoms with Crippen molar-refractivity contribution in [1.29, 1.82) is 0 Å². The van der Waals surface area contributed by atoms with Crippen molar-refractivity contribution in [3.8, 4) is 11.5 Å². The first-order chi connectivity index (χ1) is 11.0. The molecular weight excluding hydrogens is 421 g/mol. The van der Waals surface area contributed by atoms with Gasteiger partial charge in [0, 0.05) is 25.4 Å². The lowest BCUT2D eigenvalue weighted by Crippen LogP contribution is -2.34. The Kier molecular flexibility index (Phi) is 10.8. The zero-order valence-electron chi connectivity index (χ0n) is 15.4. The predicted octanol–water partition coefficient (Wildman–Crippen LogP) is 3.51. The summed E-state index contributed by atoms with van der Waals surface area (Å²) in [6, 6.07) is 5.70. The largest absolute Gasteiger partial charge is 0.493 e. The van der Waals surface area contributed by atoms with E-state index in [0.29, 0.717) is 30.6 Å². The molecule has 24 heavy (non-hydrogen) atoms. The number of halogens is 1. The van der Waals surface area contributed by atoms with Gasteiger partial charge in [-0.05, 0) is 39.8 Å². The van der Waals surface area contributed by atoms with E-state index >= 15 is 0 Å². The second-order valence-electron chi connectivity index (χ2n) is 5.58. The first-order valence-corrected chi connectivity index (χ1v) is 7.87. The summed E-state index contributed by atoms with van der Waals surface area (Å²) in [4.78, 5) is 4.57. The van der Waals surface area contributed by atoms with Crippen molar-refractivity contribution < 1.29 is 14.2 Å². The van der Waals surface area contributed by atoms with Gasteiger partial charge in [-0.15, -0.1) is 24.0 Å². The molecule has 0 spiro atoms. The quantitative estimate of drug-likeness (QED) is 0.360. The highest BCUT2D eigenvalue weighted by Gasteiger charge is 2.16. The summed E-state index contributed by atoms with van der Waals surface area (Å²) >= 11 is 0. The number of nitrogens with one attached hydrogen (secondary N) is 2. The smallest absolute Gasteiger partial charge is 0.195 e. The molecule has 0 atom stereocenters. The topological polar surface area (TPSA) is 64.1 Å². The van der Waals surface area contributed by atoms with Crippen LogP contribution in [0.3, 0.4) is 0 Å². The molecule has 0 bridgehead atoms. The van der Waals surface area contributed by atoms with Crippen LogP contribution < -0.4 is 20.1 Å². The molecule has 0 aliphatic heterocycles. The Balaban J connectivity index is 0.00000529. The summed E-state index contributed by atoms with van der Waals surface area (Å²) in [5.74, 6) is 2.11. The molecule has 0 saturated heterocycles. The second-order valence-corrected chi connectivity index (χ2v) is 5.58. The predicted molar refractivity (Wildman–Crippen MR) is 110 cm³/mol. The number of rotatable bonds is 8. The minimum absolute atomic E-state index is 0. The number of anilines is 1. The first kappa shape index (κ1) is 22.8. The fourth-order valence-electron chi connectivity index (χ4n) is 1.80. The van der Waals surface area contributed by atoms with Crippen molar-refractivity contribution in [3.05, 3.63) is 18.2 Å². The standard InChI is InChI=1S/C17H29N3O3.HI/c1-7-18-16(19-12-17(3,4)22-6)20-13-9-10-14(21-5)15(11-13)23-8-2;/h9-11H,7-8,12H2,1-6H3,(H2,18,19,20);1H. The van der Waals surface area contributed by atoms with Gasteiger partial charge in [-0.1, -0.05) is 0 Å². The third-order valence-electron chi connectivity index (χ3n) is 3.24. The molecule has 0 aromatic heterocycles. The fraction of sp³-hybridized carbons (Fsp3) is 0.588. The average Bonchev–Trinajstić information content (AvgIpc) is 2.53. The molecule has 2 N–H and O–H groups in total. The molecule has 0 aliphatic carbocycles. The van der Waals surface area contributed by atoms with Gasteiger partial charge in [-0.3, -0.25) is 4.99 Å². The molecular formula is C17H30IN3O3. The third-order valence-corrected chi connectivity index (χ3v) is 3.24. The van der Waals surface area contributed by atoms with E-state index in [-0.39, 0.29) is 29.6 Å². The zero-order valence-corrected chi connectivity index (χ0v) is 17.8. The monoisotopic (exact) mass is 451 g/mol. The number of ether oxygens (including phenoxy) is 3. The highest BCUT2D eigenvalue weighted by molar-refractivity contribution is 14.0. The van der Waals surface area contributed by atoms with Crippen molar-refractivity contribution in [1.82, 2.24) is 5.32 Å². The van der Waals surface area contributed by atoms with Crippen LogP contribution in [0, 0.1) is 0 Å². The van der Waals surface area contributed by atoms with Gasteiger partial charge in [0.2, 0.25) is 0 Å². The van der Waals surface area contributed by atoms with Crippen molar-refractivity contribution in [2.75, 3.05) is 39.2 Å². The first-order valence-electron chi connectivity index (χ1n) is 7.87. The van der Waals surface area contributed by atoms with Crippen LogP contribution >= 0.6 is 24.0 Å². The maximum absolute atomic E-state index is 5.60. The Morgan fingerprint density at radius 2 is 1.88 bits per heavy atom. The summed E-state index contributed by atoms with van der Waals surface area (Å²) < 4.78 is 16.3. The van der Waals surface area contributed by atoms with Gasteiger partial charge in [-0.25, -0.2) is 0 Å². The number of hydrogen-bond acceptors (Lipinski definition) is 4. The van der Waals surface area contributed by atoms with Crippen LogP contribution in [0.2, 0.25) is 0 Å². The van der Waals surface area contributed by atoms with Gasteiger partial charge < -0.3 is 24.8 Å². The Hall–Kier alpha value is -1.22. The average molecular weight is 451 g/mol. The minimum atomic E-state index is -0.307. The van der Waals surface area contributed by atoms with E-state index in [4.69, 9.17) is 14.2 Å². The number of hydrogen-bond donors (Lipinski definition) is 2. The molecule has 0 aliphatic rings. The number of aliphatic imine (C=N–C) groups is 1. The van der Waals surface area contributed by atoms with Crippen LogP contribution in [0.25, 0.3) is 0 Å². The molecule has 7 heteroatoms. The van der Waals surface area contributed by atoms with Gasteiger partial charge in [0.05, 0.1) is 25.9 Å². The van der Waals surface area contributed by atoms with Crippen molar-refractivity contribution in [2.24, 2.45) is 4.99 Å². The normalized spacial score (nSPS) is 11.5. The number of guanidine groups is 1. The number of nitrogens with zero attached hydrogens (tertiary/aromatic N) is 1. The fourth-order valence-corrected chi connectivity index (χ4v) is 1.80. The maximum atomic E-state index is 5.60. The third kappa shape index (κ3) is 7.57. The van der Waals surface area contributed by atoms with Crippen LogP contribution in [0.15, 0.2) is 23.2 Å². The van der Waals surface area contributed by atoms with Crippen molar-refractivity contribution in [2.45, 2.75) is 33.3 Å². The van der Waals surface area contributed by atoms with E-state index in [1.165, 1.54) is 0 Å². The number of benzene rings is 1. The van der Waals surface area contributed by atoms with Crippen LogP contribution in [-0.4, -0.2) is 45.5 Å². The molecule has 6 nitrogen and oxygen atoms in total. The minimum Gasteiger partial charge on any atom is -0.493 e. The summed E-state index contributed by atoms with van der Waals surface area (Å²) in [7, 11) is 3.32. The molecule has 0 radical (unpaired) electrons. The van der Waals surface area contributed by atoms with Crippen LogP contribution in [0.5, 0.6) is 11.5 Å². The summed E-state index contributed by atoms with van der Waals surface area (Å²) in [6.07, 6.45) is 0. The molecule has 0 amide bonds. The molecule has 1 rings (SSSR count). The molecule has 0 fully saturated rings. The van der Waals surface area contributed by atoms with Gasteiger partial charge in [0.25, 0.3) is 0 Å². The Morgan fingerprint density at radius 3 is 2.42 bits per heavy atom. The summed E-state index contributed by atoms with van der Waals surface area (Å²) in [5.41, 5.74) is 0.572. The van der Waals surface area contributed by atoms with Gasteiger partial charge >= 0.3 is 0 Å². The van der Waals surface area contributed by atoms with Crippen LogP contribution in [0.4, 0.5) is 5.69 Å². The lowest BCUT2D eigenvalue weighted by Gasteiger charge is -2.21. The molecule has 0 heterocycles. The van der Waals surface area contributed by atoms with Crippen molar-refractivity contribution in [3.63, 3.8) is 0 Å². The van der Waals surface area contributed by atoms with E-state index in [9.17, 15) is 0 Å². The summed E-state index contributed by atoms with van der Waals surface area (Å²) in [6.45, 7) is 9.87. The van der Waals surface area contributed by atoms with E-state index in [1.54, 1.807) is 14.2 Å². The maximum Gasteiger partial charge on any atom is 0.195 e. The van der Waals surface area contributed by atoms with Crippen molar-refractivity contribution >= 4 is 35.6 Å². The van der Waals surface area contributed by atoms with E-state index < -0.39 is 0 Å². The lowest BCUT2D eigenvalue weighted by atomic mass is 10.1.